The van der Waals surface area contributed by atoms with Crippen molar-refractivity contribution in [3.8, 4) is 0 Å². The molecule has 1 aromatic heterocycles. The van der Waals surface area contributed by atoms with Crippen LogP contribution in [0.4, 0.5) is 5.69 Å². The number of benzene rings is 1. The number of anilines is 1. The van der Waals surface area contributed by atoms with Crippen molar-refractivity contribution in [3.05, 3.63) is 59.4 Å². The van der Waals surface area contributed by atoms with Crippen LogP contribution in [0, 0.1) is 6.92 Å². The first-order chi connectivity index (χ1) is 11.7. The number of pyridine rings is 1. The molecule has 0 saturated carbocycles. The molecule has 2 heterocycles. The minimum atomic E-state index is -0.170. The van der Waals surface area contributed by atoms with Crippen LogP contribution in [0.2, 0.25) is 0 Å². The summed E-state index contributed by atoms with van der Waals surface area (Å²) in [5.41, 5.74) is 3.58. The second-order valence-corrected chi connectivity index (χ2v) is 6.11. The molecule has 5 nitrogen and oxygen atoms in total. The molecule has 0 aliphatic carbocycles. The van der Waals surface area contributed by atoms with Gasteiger partial charge >= 0.3 is 0 Å². The molecule has 1 amide bonds. The third-order valence-corrected chi connectivity index (χ3v) is 4.12. The number of aromatic nitrogens is 1. The first kappa shape index (κ1) is 16.5. The summed E-state index contributed by atoms with van der Waals surface area (Å²) in [7, 11) is 0. The predicted octanol–water partition coefficient (Wildman–Crippen LogP) is 2.91. The summed E-state index contributed by atoms with van der Waals surface area (Å²) in [5, 5.41) is 6.22. The van der Waals surface area contributed by atoms with Gasteiger partial charge in [0.2, 0.25) is 0 Å². The first-order valence-electron chi connectivity index (χ1n) is 8.36. The Labute approximate surface area is 142 Å². The smallest absolute Gasteiger partial charge is 0.270 e. The van der Waals surface area contributed by atoms with E-state index in [1.165, 1.54) is 5.56 Å². The molecule has 24 heavy (non-hydrogen) atoms. The molecule has 2 aromatic rings. The fraction of sp³-hybridized carbons (Fsp3) is 0.368. The molecule has 0 bridgehead atoms. The second-order valence-electron chi connectivity index (χ2n) is 6.11. The maximum atomic E-state index is 12.3. The van der Waals surface area contributed by atoms with Gasteiger partial charge in [0.05, 0.1) is 6.10 Å². The van der Waals surface area contributed by atoms with Gasteiger partial charge in [0.1, 0.15) is 5.69 Å². The molecule has 1 saturated heterocycles. The summed E-state index contributed by atoms with van der Waals surface area (Å²) in [4.78, 5) is 16.4. The van der Waals surface area contributed by atoms with E-state index in [1.54, 1.807) is 12.3 Å². The van der Waals surface area contributed by atoms with Crippen LogP contribution in [0.25, 0.3) is 0 Å². The molecular weight excluding hydrogens is 302 g/mol. The molecule has 1 aliphatic rings. The van der Waals surface area contributed by atoms with Crippen molar-refractivity contribution in [3.63, 3.8) is 0 Å². The minimum Gasteiger partial charge on any atom is -0.382 e. The molecule has 1 aliphatic heterocycles. The summed E-state index contributed by atoms with van der Waals surface area (Å²) >= 11 is 0. The van der Waals surface area contributed by atoms with Gasteiger partial charge in [0, 0.05) is 31.6 Å². The van der Waals surface area contributed by atoms with E-state index in [4.69, 9.17) is 4.74 Å². The molecule has 126 valence electrons. The zero-order valence-corrected chi connectivity index (χ0v) is 13.9. The molecular formula is C19H23N3O2. The molecule has 0 spiro atoms. The van der Waals surface area contributed by atoms with Crippen LogP contribution < -0.4 is 10.6 Å². The van der Waals surface area contributed by atoms with E-state index in [9.17, 15) is 4.79 Å². The van der Waals surface area contributed by atoms with Crippen LogP contribution in [0.15, 0.2) is 42.6 Å². The summed E-state index contributed by atoms with van der Waals surface area (Å²) in [6, 6.07) is 11.8. The highest BCUT2D eigenvalue weighted by atomic mass is 16.5. The number of nitrogens with one attached hydrogen (secondary N) is 2. The fourth-order valence-electron chi connectivity index (χ4n) is 2.68. The monoisotopic (exact) mass is 325 g/mol. The number of nitrogens with zero attached hydrogens (tertiary/aromatic N) is 1. The van der Waals surface area contributed by atoms with Crippen molar-refractivity contribution >= 4 is 11.6 Å². The van der Waals surface area contributed by atoms with Crippen molar-refractivity contribution in [2.75, 3.05) is 18.5 Å². The van der Waals surface area contributed by atoms with Crippen molar-refractivity contribution in [2.45, 2.75) is 32.4 Å². The molecule has 5 heteroatoms. The van der Waals surface area contributed by atoms with Gasteiger partial charge in [-0.1, -0.05) is 29.8 Å². The predicted molar refractivity (Wildman–Crippen MR) is 94.0 cm³/mol. The van der Waals surface area contributed by atoms with Gasteiger partial charge in [-0.25, -0.2) is 0 Å². The van der Waals surface area contributed by atoms with E-state index in [2.05, 4.69) is 15.6 Å². The average molecular weight is 325 g/mol. The number of carbonyl (C=O) groups excluding carboxylic acids is 1. The molecule has 1 unspecified atom stereocenters. The van der Waals surface area contributed by atoms with Gasteiger partial charge in [-0.3, -0.25) is 9.78 Å². The third-order valence-electron chi connectivity index (χ3n) is 4.12. The summed E-state index contributed by atoms with van der Waals surface area (Å²) in [5.74, 6) is -0.170. The number of aryl methyl sites for hydroxylation is 1. The molecule has 2 N–H and O–H groups in total. The maximum absolute atomic E-state index is 12.3. The van der Waals surface area contributed by atoms with Crippen molar-refractivity contribution in [2.24, 2.45) is 0 Å². The molecule has 1 fully saturated rings. The topological polar surface area (TPSA) is 63.2 Å². The Morgan fingerprint density at radius 1 is 1.29 bits per heavy atom. The SMILES string of the molecule is Cc1ccc(CNC(=O)c2cc(NCC3CCCO3)ccn2)cc1. The lowest BCUT2D eigenvalue weighted by molar-refractivity contribution is 0.0946. The normalized spacial score (nSPS) is 16.8. The Kier molecular flexibility index (Phi) is 5.43. The van der Waals surface area contributed by atoms with Gasteiger partial charge in [0.15, 0.2) is 0 Å². The number of hydrogen-bond acceptors (Lipinski definition) is 4. The van der Waals surface area contributed by atoms with Crippen LogP contribution in [0.1, 0.15) is 34.5 Å². The Bertz CT molecular complexity index is 679. The van der Waals surface area contributed by atoms with E-state index in [-0.39, 0.29) is 12.0 Å². The number of amides is 1. The van der Waals surface area contributed by atoms with Gasteiger partial charge in [-0.15, -0.1) is 0 Å². The van der Waals surface area contributed by atoms with E-state index < -0.39 is 0 Å². The van der Waals surface area contributed by atoms with Crippen LogP contribution in [0.3, 0.4) is 0 Å². The van der Waals surface area contributed by atoms with Gasteiger partial charge in [-0.2, -0.15) is 0 Å². The van der Waals surface area contributed by atoms with Crippen molar-refractivity contribution in [1.29, 1.82) is 0 Å². The van der Waals surface area contributed by atoms with Crippen LogP contribution in [-0.2, 0) is 11.3 Å². The minimum absolute atomic E-state index is 0.170. The Morgan fingerprint density at radius 3 is 2.88 bits per heavy atom. The number of hydrogen-bond donors (Lipinski definition) is 2. The van der Waals surface area contributed by atoms with E-state index >= 15 is 0 Å². The lowest BCUT2D eigenvalue weighted by Gasteiger charge is -2.12. The van der Waals surface area contributed by atoms with E-state index in [0.717, 1.165) is 37.2 Å². The highest BCUT2D eigenvalue weighted by Gasteiger charge is 2.15. The molecule has 1 aromatic carbocycles. The summed E-state index contributed by atoms with van der Waals surface area (Å²) in [6.45, 7) is 4.14. The zero-order chi connectivity index (χ0) is 16.8. The highest BCUT2D eigenvalue weighted by Crippen LogP contribution is 2.14. The quantitative estimate of drug-likeness (QED) is 0.857. The molecule has 1 atom stereocenters. The standard InChI is InChI=1S/C19H23N3O2/c1-14-4-6-15(7-5-14)12-22-19(23)18-11-16(8-9-20-18)21-13-17-3-2-10-24-17/h4-9,11,17H,2-3,10,12-13H2,1H3,(H,20,21)(H,22,23). The summed E-state index contributed by atoms with van der Waals surface area (Å²) in [6.07, 6.45) is 4.12. The van der Waals surface area contributed by atoms with Gasteiger partial charge < -0.3 is 15.4 Å². The highest BCUT2D eigenvalue weighted by molar-refractivity contribution is 5.93. The lowest BCUT2D eigenvalue weighted by Crippen LogP contribution is -2.24. The van der Waals surface area contributed by atoms with Crippen LogP contribution in [-0.4, -0.2) is 30.1 Å². The average Bonchev–Trinajstić information content (AvgIpc) is 3.13. The van der Waals surface area contributed by atoms with Gasteiger partial charge in [0.25, 0.3) is 5.91 Å². The number of carbonyl (C=O) groups is 1. The van der Waals surface area contributed by atoms with Crippen LogP contribution >= 0.6 is 0 Å². The van der Waals surface area contributed by atoms with Crippen LogP contribution in [0.5, 0.6) is 0 Å². The zero-order valence-electron chi connectivity index (χ0n) is 13.9. The Morgan fingerprint density at radius 2 is 2.12 bits per heavy atom. The molecule has 3 rings (SSSR count). The number of rotatable bonds is 6. The first-order valence-corrected chi connectivity index (χ1v) is 8.36. The van der Waals surface area contributed by atoms with E-state index in [1.807, 2.05) is 37.3 Å². The molecule has 0 radical (unpaired) electrons. The number of ether oxygens (including phenoxy) is 1. The fourth-order valence-corrected chi connectivity index (χ4v) is 2.68. The second kappa shape index (κ2) is 7.93. The van der Waals surface area contributed by atoms with E-state index in [0.29, 0.717) is 12.2 Å². The third kappa shape index (κ3) is 4.55. The van der Waals surface area contributed by atoms with Crippen molar-refractivity contribution < 1.29 is 9.53 Å². The Hall–Kier alpha value is -2.40. The Balaban J connectivity index is 1.54. The lowest BCUT2D eigenvalue weighted by atomic mass is 10.1. The largest absolute Gasteiger partial charge is 0.382 e. The van der Waals surface area contributed by atoms with Gasteiger partial charge in [-0.05, 0) is 37.5 Å². The maximum Gasteiger partial charge on any atom is 0.270 e. The summed E-state index contributed by atoms with van der Waals surface area (Å²) < 4.78 is 5.59. The van der Waals surface area contributed by atoms with Crippen molar-refractivity contribution in [1.82, 2.24) is 10.3 Å².